The van der Waals surface area contributed by atoms with Crippen molar-refractivity contribution in [2.75, 3.05) is 39.3 Å². The molecule has 174 valence electrons. The molecule has 2 aliphatic heterocycles. The van der Waals surface area contributed by atoms with Crippen LogP contribution in [0.5, 0.6) is 0 Å². The first kappa shape index (κ1) is 24.0. The minimum atomic E-state index is -3.35. The number of nitrogens with zero attached hydrogens (tertiary/aromatic N) is 3. The monoisotopic (exact) mass is 449 g/mol. The molecule has 0 spiro atoms. The molecule has 1 aromatic rings. The van der Waals surface area contributed by atoms with Gasteiger partial charge in [0.2, 0.25) is 10.0 Å². The fraction of sp³-hybridized carbons (Fsp3) is 0.696. The summed E-state index contributed by atoms with van der Waals surface area (Å²) in [4.78, 5) is 7.64. The van der Waals surface area contributed by atoms with E-state index in [1.807, 2.05) is 12.1 Å². The smallest absolute Gasteiger partial charge is 0.243 e. The summed E-state index contributed by atoms with van der Waals surface area (Å²) in [6.07, 6.45) is 6.98. The Hall–Kier alpha value is -1.64. The van der Waals surface area contributed by atoms with Gasteiger partial charge in [0.1, 0.15) is 0 Å². The van der Waals surface area contributed by atoms with Crippen LogP contribution in [-0.2, 0) is 16.6 Å². The van der Waals surface area contributed by atoms with Crippen molar-refractivity contribution in [1.29, 1.82) is 0 Å². The SMILES string of the molecule is CCNC(=NCc1ccc(S(=O)(=O)N2CCCC2)cc1)NCCCN1CCCCC1C. The van der Waals surface area contributed by atoms with Gasteiger partial charge in [-0.05, 0) is 70.2 Å². The molecule has 7 nitrogen and oxygen atoms in total. The highest BCUT2D eigenvalue weighted by atomic mass is 32.2. The van der Waals surface area contributed by atoms with Crippen molar-refractivity contribution in [2.24, 2.45) is 4.99 Å². The summed E-state index contributed by atoms with van der Waals surface area (Å²) in [5.41, 5.74) is 1.000. The standard InChI is InChI=1S/C23H39N5O2S/c1-3-24-23(25-14-8-16-27-15-5-4-9-20(27)2)26-19-21-10-12-22(13-11-21)31(29,30)28-17-6-7-18-28/h10-13,20H,3-9,14-19H2,1-2H3,(H2,24,25,26). The lowest BCUT2D eigenvalue weighted by Gasteiger charge is -2.33. The topological polar surface area (TPSA) is 77.0 Å². The van der Waals surface area contributed by atoms with Crippen molar-refractivity contribution >= 4 is 16.0 Å². The van der Waals surface area contributed by atoms with Crippen molar-refractivity contribution in [3.8, 4) is 0 Å². The molecule has 1 aromatic carbocycles. The third-order valence-electron chi connectivity index (χ3n) is 6.25. The van der Waals surface area contributed by atoms with E-state index in [0.29, 0.717) is 30.6 Å². The number of hydrogen-bond acceptors (Lipinski definition) is 4. The van der Waals surface area contributed by atoms with E-state index in [0.717, 1.165) is 50.4 Å². The largest absolute Gasteiger partial charge is 0.357 e. The van der Waals surface area contributed by atoms with E-state index in [2.05, 4.69) is 34.4 Å². The van der Waals surface area contributed by atoms with Gasteiger partial charge < -0.3 is 15.5 Å². The van der Waals surface area contributed by atoms with Crippen molar-refractivity contribution < 1.29 is 8.42 Å². The van der Waals surface area contributed by atoms with Gasteiger partial charge in [-0.3, -0.25) is 0 Å². The molecule has 0 radical (unpaired) electrons. The normalized spacial score (nSPS) is 21.4. The molecule has 2 saturated heterocycles. The highest BCUT2D eigenvalue weighted by Crippen LogP contribution is 2.21. The predicted octanol–water partition coefficient (Wildman–Crippen LogP) is 2.79. The van der Waals surface area contributed by atoms with Gasteiger partial charge in [0, 0.05) is 38.8 Å². The summed E-state index contributed by atoms with van der Waals surface area (Å²) in [5, 5.41) is 6.72. The van der Waals surface area contributed by atoms with Crippen LogP contribution >= 0.6 is 0 Å². The molecule has 8 heteroatoms. The maximum absolute atomic E-state index is 12.7. The average Bonchev–Trinajstić information content (AvgIpc) is 3.32. The number of aliphatic imine (C=N–C) groups is 1. The van der Waals surface area contributed by atoms with Gasteiger partial charge in [0.25, 0.3) is 0 Å². The second-order valence-electron chi connectivity index (χ2n) is 8.61. The van der Waals surface area contributed by atoms with E-state index >= 15 is 0 Å². The quantitative estimate of drug-likeness (QED) is 0.344. The number of piperidine rings is 1. The molecule has 3 rings (SSSR count). The molecule has 2 fully saturated rings. The molecule has 2 N–H and O–H groups in total. The molecule has 31 heavy (non-hydrogen) atoms. The average molecular weight is 450 g/mol. The molecular weight excluding hydrogens is 410 g/mol. The van der Waals surface area contributed by atoms with Crippen LogP contribution in [-0.4, -0.2) is 68.9 Å². The number of sulfonamides is 1. The van der Waals surface area contributed by atoms with Crippen LogP contribution < -0.4 is 10.6 Å². The molecule has 2 aliphatic rings. The number of likely N-dealkylation sites (tertiary alicyclic amines) is 1. The lowest BCUT2D eigenvalue weighted by atomic mass is 10.0. The Kier molecular flexibility index (Phi) is 9.16. The van der Waals surface area contributed by atoms with Crippen LogP contribution in [0, 0.1) is 0 Å². The second-order valence-corrected chi connectivity index (χ2v) is 10.5. The summed E-state index contributed by atoms with van der Waals surface area (Å²) in [5.74, 6) is 0.808. The number of nitrogens with one attached hydrogen (secondary N) is 2. The van der Waals surface area contributed by atoms with Crippen LogP contribution in [0.15, 0.2) is 34.2 Å². The van der Waals surface area contributed by atoms with Crippen LogP contribution in [0.2, 0.25) is 0 Å². The summed E-state index contributed by atoms with van der Waals surface area (Å²) >= 11 is 0. The summed E-state index contributed by atoms with van der Waals surface area (Å²) in [6, 6.07) is 7.85. The van der Waals surface area contributed by atoms with Crippen molar-refractivity contribution in [1.82, 2.24) is 19.8 Å². The van der Waals surface area contributed by atoms with E-state index in [1.165, 1.54) is 25.8 Å². The van der Waals surface area contributed by atoms with E-state index in [4.69, 9.17) is 0 Å². The first-order chi connectivity index (χ1) is 15.0. The maximum atomic E-state index is 12.7. The zero-order valence-corrected chi connectivity index (χ0v) is 20.0. The molecule has 0 aromatic heterocycles. The Labute approximate surface area is 188 Å². The third-order valence-corrected chi connectivity index (χ3v) is 8.16. The Morgan fingerprint density at radius 1 is 1.06 bits per heavy atom. The zero-order chi connectivity index (χ0) is 22.1. The van der Waals surface area contributed by atoms with Gasteiger partial charge in [-0.1, -0.05) is 18.6 Å². The summed E-state index contributed by atoms with van der Waals surface area (Å²) < 4.78 is 26.9. The minimum Gasteiger partial charge on any atom is -0.357 e. The number of hydrogen-bond donors (Lipinski definition) is 2. The maximum Gasteiger partial charge on any atom is 0.243 e. The molecular formula is C23H39N5O2S. The van der Waals surface area contributed by atoms with Gasteiger partial charge in [-0.25, -0.2) is 13.4 Å². The predicted molar refractivity (Wildman–Crippen MR) is 127 cm³/mol. The van der Waals surface area contributed by atoms with Crippen LogP contribution in [0.4, 0.5) is 0 Å². The lowest BCUT2D eigenvalue weighted by molar-refractivity contribution is 0.159. The minimum absolute atomic E-state index is 0.374. The van der Waals surface area contributed by atoms with E-state index in [1.54, 1.807) is 16.4 Å². The molecule has 0 aliphatic carbocycles. The first-order valence-corrected chi connectivity index (χ1v) is 13.3. The Morgan fingerprint density at radius 2 is 1.77 bits per heavy atom. The Morgan fingerprint density at radius 3 is 2.45 bits per heavy atom. The van der Waals surface area contributed by atoms with Gasteiger partial charge in [0.05, 0.1) is 11.4 Å². The van der Waals surface area contributed by atoms with Crippen LogP contribution in [0.1, 0.15) is 57.9 Å². The van der Waals surface area contributed by atoms with E-state index < -0.39 is 10.0 Å². The Balaban J connectivity index is 1.49. The first-order valence-electron chi connectivity index (χ1n) is 11.9. The zero-order valence-electron chi connectivity index (χ0n) is 19.1. The van der Waals surface area contributed by atoms with Gasteiger partial charge in [-0.2, -0.15) is 4.31 Å². The molecule has 0 amide bonds. The molecule has 1 unspecified atom stereocenters. The molecule has 0 bridgehead atoms. The van der Waals surface area contributed by atoms with E-state index in [-0.39, 0.29) is 0 Å². The van der Waals surface area contributed by atoms with Crippen molar-refractivity contribution in [3.05, 3.63) is 29.8 Å². The molecule has 1 atom stereocenters. The van der Waals surface area contributed by atoms with Crippen molar-refractivity contribution in [2.45, 2.75) is 69.9 Å². The van der Waals surface area contributed by atoms with Crippen LogP contribution in [0.25, 0.3) is 0 Å². The van der Waals surface area contributed by atoms with Crippen molar-refractivity contribution in [3.63, 3.8) is 0 Å². The van der Waals surface area contributed by atoms with Crippen LogP contribution in [0.3, 0.4) is 0 Å². The Bertz CT molecular complexity index is 804. The third kappa shape index (κ3) is 6.92. The second kappa shape index (κ2) is 11.8. The lowest BCUT2D eigenvalue weighted by Crippen LogP contribution is -2.41. The molecule has 0 saturated carbocycles. The van der Waals surface area contributed by atoms with Gasteiger partial charge >= 0.3 is 0 Å². The van der Waals surface area contributed by atoms with E-state index in [9.17, 15) is 8.42 Å². The highest BCUT2D eigenvalue weighted by Gasteiger charge is 2.26. The molecule has 2 heterocycles. The fourth-order valence-corrected chi connectivity index (χ4v) is 5.85. The number of guanidine groups is 1. The van der Waals surface area contributed by atoms with Gasteiger partial charge in [-0.15, -0.1) is 0 Å². The highest BCUT2D eigenvalue weighted by molar-refractivity contribution is 7.89. The summed E-state index contributed by atoms with van der Waals surface area (Å²) in [6.45, 7) is 10.2. The van der Waals surface area contributed by atoms with Gasteiger partial charge in [0.15, 0.2) is 5.96 Å². The summed E-state index contributed by atoms with van der Waals surface area (Å²) in [7, 11) is -3.35. The number of benzene rings is 1. The fourth-order valence-electron chi connectivity index (χ4n) is 4.34. The number of rotatable bonds is 9.